The van der Waals surface area contributed by atoms with Crippen molar-refractivity contribution in [3.05, 3.63) is 0 Å². The van der Waals surface area contributed by atoms with Gasteiger partial charge in [-0.1, -0.05) is 0 Å². The maximum absolute atomic E-state index is 9.18. The lowest BCUT2D eigenvalue weighted by Gasteiger charge is -1.80. The van der Waals surface area contributed by atoms with Crippen molar-refractivity contribution in [3.63, 3.8) is 0 Å². The highest BCUT2D eigenvalue weighted by atomic mass is 28.2. The fourth-order valence-corrected chi connectivity index (χ4v) is 0. The van der Waals surface area contributed by atoms with E-state index in [1.807, 2.05) is 0 Å². The van der Waals surface area contributed by atoms with Crippen LogP contribution in [0.4, 0.5) is 4.79 Å². The zero-order valence-electron chi connectivity index (χ0n) is 3.47. The summed E-state index contributed by atoms with van der Waals surface area (Å²) in [6.45, 7) is 0. The van der Waals surface area contributed by atoms with Crippen LogP contribution in [0, 0.1) is 0 Å². The summed E-state index contributed by atoms with van der Waals surface area (Å²) in [5.41, 5.74) is 0. The van der Waals surface area contributed by atoms with Crippen LogP contribution in [0.25, 0.3) is 0 Å². The highest BCUT2D eigenvalue weighted by molar-refractivity contribution is 6.03. The van der Waals surface area contributed by atoms with Gasteiger partial charge in [-0.3, -0.25) is 0 Å². The first-order valence-electron chi connectivity index (χ1n) is 1.04. The molecule has 0 aliphatic carbocycles. The Hall–Kier alpha value is -0.553. The van der Waals surface area contributed by atoms with Crippen molar-refractivity contribution in [2.24, 2.45) is 0 Å². The van der Waals surface area contributed by atoms with E-state index in [9.17, 15) is 4.79 Å². The van der Waals surface area contributed by atoms with Crippen molar-refractivity contribution in [3.8, 4) is 0 Å². The van der Waals surface area contributed by atoms with Crippen LogP contribution in [-0.2, 0) is 4.43 Å². The van der Waals surface area contributed by atoms with Crippen molar-refractivity contribution in [2.45, 2.75) is 0 Å². The molecule has 0 saturated heterocycles. The summed E-state index contributed by atoms with van der Waals surface area (Å²) in [5, 5.41) is 7.53. The van der Waals surface area contributed by atoms with Crippen molar-refractivity contribution in [1.29, 1.82) is 0 Å². The lowest BCUT2D eigenvalue weighted by atomic mass is 11.5. The van der Waals surface area contributed by atoms with Gasteiger partial charge in [-0.25, -0.2) is 4.79 Å². The molecule has 0 spiro atoms. The molecule has 0 saturated carbocycles. The van der Waals surface area contributed by atoms with Crippen LogP contribution in [0.1, 0.15) is 0 Å². The third kappa shape index (κ3) is 9.86. The van der Waals surface area contributed by atoms with E-state index in [-0.39, 0.29) is 16.6 Å². The SMILES string of the molecule is N.O=C(O)O[SiH3]. The van der Waals surface area contributed by atoms with Gasteiger partial charge in [0.1, 0.15) is 0 Å². The largest absolute Gasteiger partial charge is 0.499 e. The Morgan fingerprint density at radius 2 is 2.00 bits per heavy atom. The van der Waals surface area contributed by atoms with E-state index in [2.05, 4.69) is 4.43 Å². The standard InChI is InChI=1S/CH4O3Si.H3N/c2-1(3)4-5;/h5H3,(H,2,3);1H3. The molecule has 0 rings (SSSR count). The molecule has 0 heterocycles. The first kappa shape index (κ1) is 9.07. The Morgan fingerprint density at radius 3 is 2.00 bits per heavy atom. The average Bonchev–Trinajstić information content (AvgIpc) is 1.38. The first-order valence-corrected chi connectivity index (χ1v) is 1.86. The Labute approximate surface area is 38.2 Å². The Morgan fingerprint density at radius 1 is 1.83 bits per heavy atom. The summed E-state index contributed by atoms with van der Waals surface area (Å²) in [7, 11) is 0.274. The second kappa shape index (κ2) is 4.45. The molecule has 6 heavy (non-hydrogen) atoms. The highest BCUT2D eigenvalue weighted by Gasteiger charge is 1.79. The van der Waals surface area contributed by atoms with Crippen LogP contribution in [0.2, 0.25) is 0 Å². The van der Waals surface area contributed by atoms with E-state index >= 15 is 0 Å². The molecule has 5 heteroatoms. The minimum atomic E-state index is -1.18. The normalized spacial score (nSPS) is 6.00. The maximum atomic E-state index is 9.18. The Bertz CT molecular complexity index is 46.1. The summed E-state index contributed by atoms with van der Waals surface area (Å²) >= 11 is 0. The zero-order chi connectivity index (χ0) is 4.28. The molecule has 0 atom stereocenters. The quantitative estimate of drug-likeness (QED) is 0.396. The molecular weight excluding hydrogens is 102 g/mol. The second-order valence-electron chi connectivity index (χ2n) is 0.470. The molecule has 0 aliphatic heterocycles. The molecule has 0 fully saturated rings. The molecule has 0 aromatic rings. The number of rotatable bonds is 0. The molecule has 0 aromatic heterocycles. The predicted octanol–water partition coefficient (Wildman–Crippen LogP) is -0.877. The summed E-state index contributed by atoms with van der Waals surface area (Å²) in [6.07, 6.45) is -1.18. The van der Waals surface area contributed by atoms with Crippen molar-refractivity contribution in [1.82, 2.24) is 6.15 Å². The van der Waals surface area contributed by atoms with Gasteiger partial charge in [-0.05, 0) is 0 Å². The summed E-state index contributed by atoms with van der Waals surface area (Å²) < 4.78 is 3.81. The molecule has 4 N–H and O–H groups in total. The topological polar surface area (TPSA) is 81.5 Å². The van der Waals surface area contributed by atoms with Crippen LogP contribution < -0.4 is 6.15 Å². The van der Waals surface area contributed by atoms with E-state index in [0.29, 0.717) is 0 Å². The number of carboxylic acid groups (broad SMARTS) is 1. The molecule has 38 valence electrons. The van der Waals surface area contributed by atoms with Crippen LogP contribution >= 0.6 is 0 Å². The second-order valence-corrected chi connectivity index (χ2v) is 0.878. The third-order valence-electron chi connectivity index (χ3n) is 0.175. The van der Waals surface area contributed by atoms with Crippen molar-refractivity contribution in [2.75, 3.05) is 0 Å². The van der Waals surface area contributed by atoms with Crippen molar-refractivity contribution >= 4 is 16.6 Å². The molecule has 0 aromatic carbocycles. The maximum Gasteiger partial charge on any atom is 0.491 e. The third-order valence-corrected chi connectivity index (χ3v) is 0.524. The molecule has 0 bridgehead atoms. The van der Waals surface area contributed by atoms with Gasteiger partial charge in [0, 0.05) is 0 Å². The number of carbonyl (C=O) groups is 1. The van der Waals surface area contributed by atoms with Crippen LogP contribution in [0.3, 0.4) is 0 Å². The molecule has 0 radical (unpaired) electrons. The lowest BCUT2D eigenvalue weighted by Crippen LogP contribution is -1.92. The molecular formula is CH7NO3Si. The highest BCUT2D eigenvalue weighted by Crippen LogP contribution is 1.59. The Kier molecular flexibility index (Phi) is 6.72. The fourth-order valence-electron chi connectivity index (χ4n) is 0. The minimum Gasteiger partial charge on any atom is -0.499 e. The van der Waals surface area contributed by atoms with E-state index < -0.39 is 6.16 Å². The monoisotopic (exact) mass is 109 g/mol. The molecule has 4 nitrogen and oxygen atoms in total. The van der Waals surface area contributed by atoms with Gasteiger partial charge < -0.3 is 15.7 Å². The van der Waals surface area contributed by atoms with Crippen LogP contribution in [0.15, 0.2) is 0 Å². The van der Waals surface area contributed by atoms with E-state index in [0.717, 1.165) is 0 Å². The Balaban J connectivity index is 0. The van der Waals surface area contributed by atoms with Gasteiger partial charge in [0.2, 0.25) is 10.5 Å². The predicted molar refractivity (Wildman–Crippen MR) is 24.1 cm³/mol. The van der Waals surface area contributed by atoms with Gasteiger partial charge in [0.25, 0.3) is 0 Å². The number of hydrogen-bond donors (Lipinski definition) is 2. The van der Waals surface area contributed by atoms with Crippen molar-refractivity contribution < 1.29 is 14.3 Å². The van der Waals surface area contributed by atoms with Gasteiger partial charge in [0.15, 0.2) is 0 Å². The summed E-state index contributed by atoms with van der Waals surface area (Å²) in [4.78, 5) is 9.18. The van der Waals surface area contributed by atoms with E-state index in [1.165, 1.54) is 0 Å². The summed E-state index contributed by atoms with van der Waals surface area (Å²) in [6, 6.07) is 0. The average molecular weight is 109 g/mol. The zero-order valence-corrected chi connectivity index (χ0v) is 5.47. The van der Waals surface area contributed by atoms with Crippen LogP contribution in [-0.4, -0.2) is 21.7 Å². The number of hydrogen-bond acceptors (Lipinski definition) is 3. The van der Waals surface area contributed by atoms with Gasteiger partial charge >= 0.3 is 6.16 Å². The van der Waals surface area contributed by atoms with E-state index in [4.69, 9.17) is 5.11 Å². The van der Waals surface area contributed by atoms with E-state index in [1.54, 1.807) is 0 Å². The van der Waals surface area contributed by atoms with Gasteiger partial charge in [0.05, 0.1) is 0 Å². The molecule has 0 unspecified atom stereocenters. The first-order chi connectivity index (χ1) is 2.27. The smallest absolute Gasteiger partial charge is 0.491 e. The van der Waals surface area contributed by atoms with Gasteiger partial charge in [-0.15, -0.1) is 0 Å². The minimum absolute atomic E-state index is 0. The van der Waals surface area contributed by atoms with Gasteiger partial charge in [-0.2, -0.15) is 0 Å². The lowest BCUT2D eigenvalue weighted by molar-refractivity contribution is 0.148. The molecule has 0 amide bonds. The summed E-state index contributed by atoms with van der Waals surface area (Å²) in [5.74, 6) is 0. The van der Waals surface area contributed by atoms with Crippen LogP contribution in [0.5, 0.6) is 0 Å². The molecule has 0 aliphatic rings. The fraction of sp³-hybridized carbons (Fsp3) is 0.